The Morgan fingerprint density at radius 2 is 1.87 bits per heavy atom. The van der Waals surface area contributed by atoms with Crippen LogP contribution in [0.2, 0.25) is 0 Å². The lowest BCUT2D eigenvalue weighted by Gasteiger charge is -2.35. The second kappa shape index (κ2) is 7.86. The van der Waals surface area contributed by atoms with Crippen LogP contribution in [-0.4, -0.2) is 67.6 Å². The van der Waals surface area contributed by atoms with Gasteiger partial charge in [0.25, 0.3) is 0 Å². The number of carbonyl (C=O) groups is 1. The molecule has 2 fully saturated rings. The Morgan fingerprint density at radius 1 is 1.17 bits per heavy atom. The summed E-state index contributed by atoms with van der Waals surface area (Å²) < 4.78 is 12.8. The molecule has 0 aliphatic carbocycles. The summed E-state index contributed by atoms with van der Waals surface area (Å²) in [4.78, 5) is 16.7. The average molecular weight is 320 g/mol. The monoisotopic (exact) mass is 320 g/mol. The van der Waals surface area contributed by atoms with Crippen LogP contribution >= 0.6 is 0 Å². The Balaban J connectivity index is 1.37. The molecule has 1 unspecified atom stereocenters. The number of benzene rings is 1. The maximum absolute atomic E-state index is 12.8. The highest BCUT2D eigenvalue weighted by Crippen LogP contribution is 2.11. The van der Waals surface area contributed by atoms with Crippen LogP contribution < -0.4 is 10.6 Å². The van der Waals surface area contributed by atoms with Gasteiger partial charge < -0.3 is 10.6 Å². The Morgan fingerprint density at radius 3 is 2.52 bits per heavy atom. The van der Waals surface area contributed by atoms with Crippen molar-refractivity contribution in [2.45, 2.75) is 18.9 Å². The Labute approximate surface area is 136 Å². The minimum Gasteiger partial charge on any atom is -0.325 e. The summed E-state index contributed by atoms with van der Waals surface area (Å²) in [6, 6.07) is 6.51. The molecular weight excluding hydrogens is 295 g/mol. The number of nitrogens with one attached hydrogen (secondary N) is 2. The molecule has 0 spiro atoms. The molecule has 6 heteroatoms. The number of halogens is 1. The lowest BCUT2D eigenvalue weighted by Crippen LogP contribution is -2.51. The van der Waals surface area contributed by atoms with E-state index in [1.807, 2.05) is 0 Å². The van der Waals surface area contributed by atoms with E-state index in [9.17, 15) is 9.18 Å². The van der Waals surface area contributed by atoms with Gasteiger partial charge in [-0.2, -0.15) is 0 Å². The molecule has 0 saturated carbocycles. The van der Waals surface area contributed by atoms with E-state index in [1.54, 1.807) is 12.1 Å². The molecule has 1 aromatic carbocycles. The van der Waals surface area contributed by atoms with E-state index in [4.69, 9.17) is 0 Å². The average Bonchev–Trinajstić information content (AvgIpc) is 3.04. The third kappa shape index (κ3) is 4.99. The van der Waals surface area contributed by atoms with Crippen LogP contribution in [-0.2, 0) is 4.79 Å². The van der Waals surface area contributed by atoms with Gasteiger partial charge in [-0.1, -0.05) is 0 Å². The molecule has 23 heavy (non-hydrogen) atoms. The second-order valence-corrected chi connectivity index (χ2v) is 6.43. The van der Waals surface area contributed by atoms with Gasteiger partial charge in [-0.3, -0.25) is 14.6 Å². The molecule has 3 rings (SSSR count). The molecule has 1 aromatic rings. The van der Waals surface area contributed by atoms with Crippen LogP contribution in [0.4, 0.5) is 10.1 Å². The topological polar surface area (TPSA) is 47.6 Å². The minimum atomic E-state index is -0.295. The number of carbonyl (C=O) groups excluding carboxylic acids is 1. The molecule has 1 atom stereocenters. The van der Waals surface area contributed by atoms with Crippen LogP contribution in [0.5, 0.6) is 0 Å². The van der Waals surface area contributed by atoms with Crippen LogP contribution in [0.25, 0.3) is 0 Å². The van der Waals surface area contributed by atoms with Gasteiger partial charge in [0.2, 0.25) is 5.91 Å². The van der Waals surface area contributed by atoms with Crippen LogP contribution in [0.15, 0.2) is 24.3 Å². The first-order valence-electron chi connectivity index (χ1n) is 8.42. The van der Waals surface area contributed by atoms with Gasteiger partial charge in [-0.25, -0.2) is 4.39 Å². The SMILES string of the molecule is O=C(CN1CCN(CC2CCCN2)CC1)Nc1ccc(F)cc1. The first kappa shape index (κ1) is 16.4. The molecule has 0 aromatic heterocycles. The Kier molecular flexibility index (Phi) is 5.59. The normalized spacial score (nSPS) is 23.1. The summed E-state index contributed by atoms with van der Waals surface area (Å²) >= 11 is 0. The highest BCUT2D eigenvalue weighted by molar-refractivity contribution is 5.92. The van der Waals surface area contributed by atoms with Gasteiger partial charge in [0.1, 0.15) is 5.82 Å². The lowest BCUT2D eigenvalue weighted by molar-refractivity contribution is -0.117. The van der Waals surface area contributed by atoms with E-state index >= 15 is 0 Å². The number of amides is 1. The minimum absolute atomic E-state index is 0.0393. The third-order valence-corrected chi connectivity index (χ3v) is 4.60. The largest absolute Gasteiger partial charge is 0.325 e. The molecule has 2 heterocycles. The number of rotatable bonds is 5. The van der Waals surface area contributed by atoms with Crippen LogP contribution in [0, 0.1) is 5.82 Å². The van der Waals surface area contributed by atoms with Gasteiger partial charge >= 0.3 is 0 Å². The predicted octanol–water partition coefficient (Wildman–Crippen LogP) is 1.13. The molecule has 2 saturated heterocycles. The standard InChI is InChI=1S/C17H25FN4O/c18-14-3-5-15(6-4-14)20-17(23)13-22-10-8-21(9-11-22)12-16-2-1-7-19-16/h3-6,16,19H,1-2,7-13H2,(H,20,23). The van der Waals surface area contributed by atoms with Crippen molar-refractivity contribution in [2.75, 3.05) is 51.1 Å². The highest BCUT2D eigenvalue weighted by atomic mass is 19.1. The van der Waals surface area contributed by atoms with E-state index < -0.39 is 0 Å². The number of hydrogen-bond donors (Lipinski definition) is 2. The summed E-state index contributed by atoms with van der Waals surface area (Å²) in [6.45, 7) is 6.54. The zero-order valence-corrected chi connectivity index (χ0v) is 13.4. The summed E-state index contributed by atoms with van der Waals surface area (Å²) in [6.07, 6.45) is 2.56. The van der Waals surface area contributed by atoms with Crippen molar-refractivity contribution in [1.82, 2.24) is 15.1 Å². The Bertz CT molecular complexity index is 508. The van der Waals surface area contributed by atoms with Crippen LogP contribution in [0.1, 0.15) is 12.8 Å². The van der Waals surface area contributed by atoms with Gasteiger partial charge in [-0.15, -0.1) is 0 Å². The molecule has 5 nitrogen and oxygen atoms in total. The first-order chi connectivity index (χ1) is 11.2. The van der Waals surface area contributed by atoms with Gasteiger partial charge in [0.15, 0.2) is 0 Å². The smallest absolute Gasteiger partial charge is 0.238 e. The van der Waals surface area contributed by atoms with Crippen molar-refractivity contribution in [3.63, 3.8) is 0 Å². The summed E-state index contributed by atoms with van der Waals surface area (Å²) in [5, 5.41) is 6.35. The van der Waals surface area contributed by atoms with Crippen molar-refractivity contribution < 1.29 is 9.18 Å². The van der Waals surface area contributed by atoms with Crippen molar-refractivity contribution in [2.24, 2.45) is 0 Å². The predicted molar refractivity (Wildman–Crippen MR) is 88.9 cm³/mol. The number of piperazine rings is 1. The molecule has 126 valence electrons. The maximum atomic E-state index is 12.8. The number of hydrogen-bond acceptors (Lipinski definition) is 4. The van der Waals surface area contributed by atoms with E-state index in [2.05, 4.69) is 20.4 Å². The quantitative estimate of drug-likeness (QED) is 0.854. The van der Waals surface area contributed by atoms with Gasteiger partial charge in [0, 0.05) is 44.5 Å². The number of anilines is 1. The molecule has 0 radical (unpaired) electrons. The Hall–Kier alpha value is -1.50. The van der Waals surface area contributed by atoms with E-state index in [0.717, 1.165) is 39.3 Å². The molecule has 1 amide bonds. The van der Waals surface area contributed by atoms with Crippen molar-refractivity contribution in [3.8, 4) is 0 Å². The fourth-order valence-electron chi connectivity index (χ4n) is 3.29. The summed E-state index contributed by atoms with van der Waals surface area (Å²) in [5.41, 5.74) is 0.641. The third-order valence-electron chi connectivity index (χ3n) is 4.60. The fourth-order valence-corrected chi connectivity index (χ4v) is 3.29. The second-order valence-electron chi connectivity index (χ2n) is 6.43. The summed E-state index contributed by atoms with van der Waals surface area (Å²) in [7, 11) is 0. The van der Waals surface area contributed by atoms with Gasteiger partial charge in [-0.05, 0) is 43.7 Å². The molecule has 2 N–H and O–H groups in total. The van der Waals surface area contributed by atoms with E-state index in [0.29, 0.717) is 18.3 Å². The van der Waals surface area contributed by atoms with E-state index in [-0.39, 0.29) is 11.7 Å². The molecule has 2 aliphatic rings. The fraction of sp³-hybridized carbons (Fsp3) is 0.588. The zero-order valence-electron chi connectivity index (χ0n) is 13.4. The maximum Gasteiger partial charge on any atom is 0.238 e. The van der Waals surface area contributed by atoms with Crippen LogP contribution in [0.3, 0.4) is 0 Å². The summed E-state index contributed by atoms with van der Waals surface area (Å²) in [5.74, 6) is -0.335. The first-order valence-corrected chi connectivity index (χ1v) is 8.42. The van der Waals surface area contributed by atoms with Crippen molar-refractivity contribution >= 4 is 11.6 Å². The molecule has 2 aliphatic heterocycles. The highest BCUT2D eigenvalue weighted by Gasteiger charge is 2.22. The zero-order chi connectivity index (χ0) is 16.1. The molecule has 0 bridgehead atoms. The van der Waals surface area contributed by atoms with E-state index in [1.165, 1.54) is 25.0 Å². The van der Waals surface area contributed by atoms with Gasteiger partial charge in [0.05, 0.1) is 6.54 Å². The van der Waals surface area contributed by atoms with Crippen molar-refractivity contribution in [3.05, 3.63) is 30.1 Å². The number of nitrogens with zero attached hydrogens (tertiary/aromatic N) is 2. The lowest BCUT2D eigenvalue weighted by atomic mass is 10.2. The van der Waals surface area contributed by atoms with Crippen molar-refractivity contribution in [1.29, 1.82) is 0 Å². The molecular formula is C17H25FN4O.